The van der Waals surface area contributed by atoms with Gasteiger partial charge >= 0.3 is 6.18 Å². The van der Waals surface area contributed by atoms with Crippen LogP contribution in [0.3, 0.4) is 0 Å². The second-order valence-corrected chi connectivity index (χ2v) is 5.19. The van der Waals surface area contributed by atoms with E-state index in [1.54, 1.807) is 6.07 Å². The number of nitrogens with zero attached hydrogens (tertiary/aromatic N) is 3. The van der Waals surface area contributed by atoms with Gasteiger partial charge in [-0.2, -0.15) is 23.5 Å². The Morgan fingerprint density at radius 3 is 2.50 bits per heavy atom. The highest BCUT2D eigenvalue weighted by molar-refractivity contribution is 6.12. The van der Waals surface area contributed by atoms with E-state index in [9.17, 15) is 18.0 Å². The van der Waals surface area contributed by atoms with Crippen molar-refractivity contribution in [1.82, 2.24) is 9.78 Å². The molecule has 0 bridgehead atoms. The van der Waals surface area contributed by atoms with Gasteiger partial charge in [0.05, 0.1) is 18.1 Å². The zero-order valence-corrected chi connectivity index (χ0v) is 13.1. The van der Waals surface area contributed by atoms with Crippen molar-refractivity contribution in [3.63, 3.8) is 0 Å². The fraction of sp³-hybridized carbons (Fsp3) is 0.0556. The summed E-state index contributed by atoms with van der Waals surface area (Å²) in [5.41, 5.74) is -0.365. The summed E-state index contributed by atoms with van der Waals surface area (Å²) in [4.78, 5) is 12.1. The zero-order chi connectivity index (χ0) is 18.7. The third-order valence-electron chi connectivity index (χ3n) is 3.49. The lowest BCUT2D eigenvalue weighted by Crippen LogP contribution is -2.13. The maximum atomic E-state index is 12.9. The van der Waals surface area contributed by atoms with E-state index in [0.29, 0.717) is 5.56 Å². The molecule has 8 heteroatoms. The van der Waals surface area contributed by atoms with Crippen LogP contribution in [-0.4, -0.2) is 15.6 Å². The van der Waals surface area contributed by atoms with Crippen LogP contribution in [0.5, 0.6) is 0 Å². The fourth-order valence-electron chi connectivity index (χ4n) is 2.29. The van der Waals surface area contributed by atoms with Gasteiger partial charge in [-0.05, 0) is 42.0 Å². The third-order valence-corrected chi connectivity index (χ3v) is 3.49. The van der Waals surface area contributed by atoms with Gasteiger partial charge in [0.1, 0.15) is 17.3 Å². The highest BCUT2D eigenvalue weighted by atomic mass is 19.4. The Morgan fingerprint density at radius 1 is 1.19 bits per heavy atom. The summed E-state index contributed by atoms with van der Waals surface area (Å²) in [5.74, 6) is -0.547. The number of carbonyl (C=O) groups is 1. The van der Waals surface area contributed by atoms with Crippen molar-refractivity contribution in [2.45, 2.75) is 6.18 Å². The second kappa shape index (κ2) is 6.72. The van der Waals surface area contributed by atoms with E-state index in [0.717, 1.165) is 16.9 Å². The molecular weight excluding hydrogens is 347 g/mol. The quantitative estimate of drug-likeness (QED) is 0.397. The summed E-state index contributed by atoms with van der Waals surface area (Å²) < 4.78 is 44.5. The molecule has 26 heavy (non-hydrogen) atoms. The van der Waals surface area contributed by atoms with Crippen LogP contribution in [-0.2, 0) is 6.18 Å². The first kappa shape index (κ1) is 17.2. The van der Waals surface area contributed by atoms with Crippen LogP contribution in [0.1, 0.15) is 21.8 Å². The standard InChI is InChI=1S/C18H10F3N3O2/c19-18(20,21)16-7-8-23-24(16)14-5-3-12(4-6-14)10-13(11-22)17(25)15-2-1-9-26-15/h1-10H/b13-10+. The van der Waals surface area contributed by atoms with Crippen LogP contribution in [0, 0.1) is 11.3 Å². The summed E-state index contributed by atoms with van der Waals surface area (Å²) in [6.07, 6.45) is -0.813. The zero-order valence-electron chi connectivity index (χ0n) is 13.1. The van der Waals surface area contributed by atoms with Gasteiger partial charge < -0.3 is 4.42 Å². The van der Waals surface area contributed by atoms with Gasteiger partial charge in [0, 0.05) is 0 Å². The number of hydrogen-bond donors (Lipinski definition) is 0. The molecule has 0 aliphatic heterocycles. The van der Waals surface area contributed by atoms with E-state index in [1.165, 1.54) is 48.7 Å². The molecule has 0 saturated heterocycles. The second-order valence-electron chi connectivity index (χ2n) is 5.19. The smallest absolute Gasteiger partial charge is 0.433 e. The number of aromatic nitrogens is 2. The molecule has 0 N–H and O–H groups in total. The molecule has 0 fully saturated rings. The number of benzene rings is 1. The first-order chi connectivity index (χ1) is 12.4. The monoisotopic (exact) mass is 357 g/mol. The Bertz CT molecular complexity index is 992. The number of hydrogen-bond acceptors (Lipinski definition) is 4. The molecule has 5 nitrogen and oxygen atoms in total. The van der Waals surface area contributed by atoms with Crippen LogP contribution in [0.4, 0.5) is 13.2 Å². The lowest BCUT2D eigenvalue weighted by atomic mass is 10.1. The summed E-state index contributed by atoms with van der Waals surface area (Å²) in [6.45, 7) is 0. The molecule has 3 rings (SSSR count). The van der Waals surface area contributed by atoms with Crippen molar-refractivity contribution >= 4 is 11.9 Å². The first-order valence-electron chi connectivity index (χ1n) is 7.32. The molecule has 0 aliphatic carbocycles. The molecule has 3 aromatic rings. The van der Waals surface area contributed by atoms with Gasteiger partial charge in [0.15, 0.2) is 5.76 Å². The van der Waals surface area contributed by atoms with E-state index in [-0.39, 0.29) is 17.0 Å². The normalized spacial score (nSPS) is 12.0. The van der Waals surface area contributed by atoms with E-state index >= 15 is 0 Å². The molecular formula is C18H10F3N3O2. The SMILES string of the molecule is N#C/C(=C\c1ccc(-n2nccc2C(F)(F)F)cc1)C(=O)c1ccco1. The average Bonchev–Trinajstić information content (AvgIpc) is 3.30. The van der Waals surface area contributed by atoms with Crippen LogP contribution in [0.25, 0.3) is 11.8 Å². The molecule has 1 aromatic carbocycles. The third kappa shape index (κ3) is 3.42. The predicted molar refractivity (Wildman–Crippen MR) is 85.2 cm³/mol. The fourth-order valence-corrected chi connectivity index (χ4v) is 2.29. The number of ketones is 1. The summed E-state index contributed by atoms with van der Waals surface area (Å²) in [5, 5.41) is 12.9. The van der Waals surface area contributed by atoms with Gasteiger partial charge in [-0.1, -0.05) is 12.1 Å². The Kier molecular flexibility index (Phi) is 4.45. The average molecular weight is 357 g/mol. The van der Waals surface area contributed by atoms with E-state index < -0.39 is 17.7 Å². The molecule has 0 spiro atoms. The van der Waals surface area contributed by atoms with Crippen molar-refractivity contribution in [2.24, 2.45) is 0 Å². The molecule has 2 heterocycles. The van der Waals surface area contributed by atoms with Crippen molar-refractivity contribution in [2.75, 3.05) is 0 Å². The maximum absolute atomic E-state index is 12.9. The first-order valence-corrected chi connectivity index (χ1v) is 7.32. The van der Waals surface area contributed by atoms with E-state index in [1.807, 2.05) is 0 Å². The van der Waals surface area contributed by atoms with Gasteiger partial charge in [-0.3, -0.25) is 4.79 Å². The minimum Gasteiger partial charge on any atom is -0.461 e. The Hall–Kier alpha value is -3.60. The minimum absolute atomic E-state index is 0.0285. The lowest BCUT2D eigenvalue weighted by molar-refractivity contribution is -0.142. The van der Waals surface area contributed by atoms with Crippen molar-refractivity contribution in [1.29, 1.82) is 5.26 Å². The van der Waals surface area contributed by atoms with Crippen LogP contribution >= 0.6 is 0 Å². The van der Waals surface area contributed by atoms with Crippen LogP contribution in [0.2, 0.25) is 0 Å². The van der Waals surface area contributed by atoms with E-state index in [4.69, 9.17) is 9.68 Å². The summed E-state index contributed by atoms with van der Waals surface area (Å²) in [6, 6.07) is 11.5. The Balaban J connectivity index is 1.90. The van der Waals surface area contributed by atoms with Crippen LogP contribution in [0.15, 0.2) is 64.9 Å². The van der Waals surface area contributed by atoms with Gasteiger partial charge in [0.2, 0.25) is 5.78 Å². The van der Waals surface area contributed by atoms with Crippen molar-refractivity contribution in [3.8, 4) is 11.8 Å². The highest BCUT2D eigenvalue weighted by Crippen LogP contribution is 2.30. The summed E-state index contributed by atoms with van der Waals surface area (Å²) >= 11 is 0. The maximum Gasteiger partial charge on any atom is 0.433 e. The molecule has 0 radical (unpaired) electrons. The Morgan fingerprint density at radius 2 is 1.92 bits per heavy atom. The van der Waals surface area contributed by atoms with Crippen LogP contribution < -0.4 is 0 Å². The van der Waals surface area contributed by atoms with Crippen molar-refractivity contribution in [3.05, 3.63) is 77.5 Å². The van der Waals surface area contributed by atoms with Gasteiger partial charge in [-0.25, -0.2) is 4.68 Å². The number of carbonyl (C=O) groups excluding carboxylic acids is 1. The number of alkyl halides is 3. The molecule has 130 valence electrons. The number of furan rings is 1. The number of allylic oxidation sites excluding steroid dienone is 1. The minimum atomic E-state index is -4.53. The largest absolute Gasteiger partial charge is 0.461 e. The number of Topliss-reactive ketones (excluding diaryl/α,β-unsaturated/α-hetero) is 1. The lowest BCUT2D eigenvalue weighted by Gasteiger charge is -2.10. The molecule has 0 amide bonds. The Labute approximate surface area is 145 Å². The summed E-state index contributed by atoms with van der Waals surface area (Å²) in [7, 11) is 0. The number of halogens is 3. The topological polar surface area (TPSA) is 71.8 Å². The molecule has 2 aromatic heterocycles. The van der Waals surface area contributed by atoms with E-state index in [2.05, 4.69) is 5.10 Å². The van der Waals surface area contributed by atoms with Gasteiger partial charge in [0.25, 0.3) is 0 Å². The molecule has 0 saturated carbocycles. The predicted octanol–water partition coefficient (Wildman–Crippen LogP) is 4.27. The number of rotatable bonds is 4. The van der Waals surface area contributed by atoms with Crippen molar-refractivity contribution < 1.29 is 22.4 Å². The number of nitriles is 1. The molecule has 0 aliphatic rings. The van der Waals surface area contributed by atoms with Gasteiger partial charge in [-0.15, -0.1) is 0 Å². The molecule has 0 atom stereocenters. The highest BCUT2D eigenvalue weighted by Gasteiger charge is 2.35. The molecule has 0 unspecified atom stereocenters.